The van der Waals surface area contributed by atoms with Crippen molar-refractivity contribution in [2.45, 2.75) is 52.1 Å². The predicted molar refractivity (Wildman–Crippen MR) is 118 cm³/mol. The van der Waals surface area contributed by atoms with Crippen LogP contribution in [0, 0.1) is 0 Å². The van der Waals surface area contributed by atoms with Gasteiger partial charge >= 0.3 is 5.69 Å². The van der Waals surface area contributed by atoms with Gasteiger partial charge in [-0.1, -0.05) is 32.3 Å². The van der Waals surface area contributed by atoms with Crippen LogP contribution in [0.3, 0.4) is 0 Å². The molecule has 160 valence electrons. The van der Waals surface area contributed by atoms with Gasteiger partial charge in [-0.2, -0.15) is 4.98 Å². The molecule has 0 saturated carbocycles. The van der Waals surface area contributed by atoms with E-state index in [1.165, 1.54) is 9.13 Å². The summed E-state index contributed by atoms with van der Waals surface area (Å²) in [5.41, 5.74) is 1.37. The Morgan fingerprint density at radius 1 is 1.13 bits per heavy atom. The highest BCUT2D eigenvalue weighted by molar-refractivity contribution is 5.77. The molecular weight excluding hydrogens is 382 g/mol. The van der Waals surface area contributed by atoms with Crippen molar-refractivity contribution in [3.8, 4) is 5.75 Å². The van der Waals surface area contributed by atoms with Crippen molar-refractivity contribution in [3.05, 3.63) is 45.1 Å². The summed E-state index contributed by atoms with van der Waals surface area (Å²) in [6.45, 7) is 4.08. The van der Waals surface area contributed by atoms with Gasteiger partial charge in [0, 0.05) is 38.4 Å². The van der Waals surface area contributed by atoms with Crippen molar-refractivity contribution in [2.24, 2.45) is 7.05 Å². The minimum Gasteiger partial charge on any atom is -0.497 e. The van der Waals surface area contributed by atoms with E-state index in [-0.39, 0.29) is 11.2 Å². The third-order valence-electron chi connectivity index (χ3n) is 5.82. The van der Waals surface area contributed by atoms with Crippen molar-refractivity contribution in [3.63, 3.8) is 0 Å². The van der Waals surface area contributed by atoms with E-state index in [0.717, 1.165) is 50.1 Å². The number of unbranched alkanes of at least 4 members (excludes halogenated alkanes) is 3. The van der Waals surface area contributed by atoms with Crippen LogP contribution in [0.2, 0.25) is 0 Å². The number of anilines is 2. The van der Waals surface area contributed by atoms with Crippen LogP contribution in [0.1, 0.15) is 39.0 Å². The number of hydrogen-bond donors (Lipinski definition) is 0. The molecule has 0 unspecified atom stereocenters. The van der Waals surface area contributed by atoms with Crippen molar-refractivity contribution in [2.75, 3.05) is 18.6 Å². The second-order valence-electron chi connectivity index (χ2n) is 7.80. The van der Waals surface area contributed by atoms with Gasteiger partial charge in [-0.3, -0.25) is 13.9 Å². The maximum absolute atomic E-state index is 13.3. The molecule has 3 heterocycles. The fourth-order valence-corrected chi connectivity index (χ4v) is 4.18. The smallest absolute Gasteiger partial charge is 0.332 e. The highest BCUT2D eigenvalue weighted by atomic mass is 16.5. The summed E-state index contributed by atoms with van der Waals surface area (Å²) in [5.74, 6) is 1.46. The molecule has 0 spiro atoms. The normalized spacial score (nSPS) is 13.6. The van der Waals surface area contributed by atoms with Crippen molar-refractivity contribution in [1.82, 2.24) is 18.7 Å². The number of ether oxygens (including phenoxy) is 1. The molecule has 0 bridgehead atoms. The van der Waals surface area contributed by atoms with Gasteiger partial charge in [0.2, 0.25) is 5.95 Å². The van der Waals surface area contributed by atoms with E-state index in [0.29, 0.717) is 30.2 Å². The number of aromatic nitrogens is 4. The lowest BCUT2D eigenvalue weighted by Crippen LogP contribution is -2.40. The van der Waals surface area contributed by atoms with Crippen molar-refractivity contribution < 1.29 is 4.74 Å². The van der Waals surface area contributed by atoms with E-state index in [1.807, 2.05) is 28.8 Å². The zero-order valence-electron chi connectivity index (χ0n) is 17.9. The number of rotatable bonds is 7. The van der Waals surface area contributed by atoms with Crippen LogP contribution in [0.25, 0.3) is 11.2 Å². The lowest BCUT2D eigenvalue weighted by Gasteiger charge is -2.29. The topological polar surface area (TPSA) is 74.3 Å². The van der Waals surface area contributed by atoms with Crippen LogP contribution >= 0.6 is 0 Å². The van der Waals surface area contributed by atoms with Crippen molar-refractivity contribution >= 4 is 22.8 Å². The highest BCUT2D eigenvalue weighted by Crippen LogP contribution is 2.32. The van der Waals surface area contributed by atoms with Crippen LogP contribution in [-0.4, -0.2) is 32.3 Å². The Bertz CT molecular complexity index is 1170. The fraction of sp³-hybridized carbons (Fsp3) is 0.500. The van der Waals surface area contributed by atoms with Gasteiger partial charge in [0.25, 0.3) is 5.56 Å². The van der Waals surface area contributed by atoms with E-state index in [1.54, 1.807) is 14.2 Å². The van der Waals surface area contributed by atoms with Crippen LogP contribution < -0.4 is 20.9 Å². The molecule has 0 fully saturated rings. The molecule has 8 nitrogen and oxygen atoms in total. The first kappa shape index (κ1) is 20.3. The Labute approximate surface area is 175 Å². The lowest BCUT2D eigenvalue weighted by molar-refractivity contribution is 0.415. The van der Waals surface area contributed by atoms with Gasteiger partial charge in [0.05, 0.1) is 7.11 Å². The van der Waals surface area contributed by atoms with Gasteiger partial charge in [-0.25, -0.2) is 4.79 Å². The van der Waals surface area contributed by atoms with Gasteiger partial charge < -0.3 is 14.2 Å². The second-order valence-corrected chi connectivity index (χ2v) is 7.80. The Balaban J connectivity index is 1.83. The quantitative estimate of drug-likeness (QED) is 0.559. The lowest BCUT2D eigenvalue weighted by atomic mass is 10.2. The van der Waals surface area contributed by atoms with Crippen LogP contribution in [0.5, 0.6) is 5.75 Å². The molecule has 30 heavy (non-hydrogen) atoms. The number of hydrogen-bond acceptors (Lipinski definition) is 5. The zero-order valence-corrected chi connectivity index (χ0v) is 17.9. The molecule has 0 atom stereocenters. The van der Waals surface area contributed by atoms with Crippen LogP contribution in [-0.2, 0) is 20.1 Å². The molecule has 1 aliphatic rings. The maximum atomic E-state index is 13.3. The monoisotopic (exact) mass is 411 g/mol. The Hall–Kier alpha value is -3.03. The fourth-order valence-electron chi connectivity index (χ4n) is 4.18. The Morgan fingerprint density at radius 2 is 1.97 bits per heavy atom. The third kappa shape index (κ3) is 3.40. The molecule has 4 rings (SSSR count). The van der Waals surface area contributed by atoms with E-state index in [4.69, 9.17) is 9.72 Å². The summed E-state index contributed by atoms with van der Waals surface area (Å²) in [5, 5.41) is 0. The number of methoxy groups -OCH3 is 1. The van der Waals surface area contributed by atoms with Gasteiger partial charge in [0.1, 0.15) is 5.75 Å². The second kappa shape index (κ2) is 8.38. The average Bonchev–Trinajstić information content (AvgIpc) is 3.17. The molecule has 0 amide bonds. The van der Waals surface area contributed by atoms with Gasteiger partial charge in [0.15, 0.2) is 11.2 Å². The summed E-state index contributed by atoms with van der Waals surface area (Å²) >= 11 is 0. The first-order chi connectivity index (χ1) is 14.6. The Kier molecular flexibility index (Phi) is 5.65. The van der Waals surface area contributed by atoms with Crippen molar-refractivity contribution in [1.29, 1.82) is 0 Å². The zero-order chi connectivity index (χ0) is 21.3. The Morgan fingerprint density at radius 3 is 2.73 bits per heavy atom. The molecule has 3 aromatic rings. The molecule has 1 aromatic carbocycles. The number of imidazole rings is 1. The van der Waals surface area contributed by atoms with Gasteiger partial charge in [-0.05, 0) is 25.0 Å². The molecular formula is C22H29N5O3. The molecule has 0 aliphatic carbocycles. The summed E-state index contributed by atoms with van der Waals surface area (Å²) < 4.78 is 10.2. The number of aryl methyl sites for hydroxylation is 2. The van der Waals surface area contributed by atoms with E-state index < -0.39 is 0 Å². The summed E-state index contributed by atoms with van der Waals surface area (Å²) in [4.78, 5) is 33.0. The first-order valence-electron chi connectivity index (χ1n) is 10.7. The first-order valence-corrected chi connectivity index (χ1v) is 10.7. The van der Waals surface area contributed by atoms with E-state index >= 15 is 0 Å². The molecule has 0 radical (unpaired) electrons. The molecule has 1 aliphatic heterocycles. The standard InChI is InChI=1S/C22H29N5O3/c1-4-5-6-7-12-27-20(28)18-19(24(2)22(27)29)23-21-25(13-9-14-26(18)21)16-10-8-11-17(15-16)30-3/h8,10-11,15H,4-7,9,12-14H2,1-3H3. The number of benzene rings is 1. The minimum absolute atomic E-state index is 0.240. The van der Waals surface area contributed by atoms with Crippen LogP contribution in [0.15, 0.2) is 33.9 Å². The summed E-state index contributed by atoms with van der Waals surface area (Å²) in [6.07, 6.45) is 4.94. The summed E-state index contributed by atoms with van der Waals surface area (Å²) in [7, 11) is 3.34. The SMILES string of the molecule is CCCCCCn1c(=O)c2c(nc3n2CCCN3c2cccc(OC)c2)n(C)c1=O. The van der Waals surface area contributed by atoms with E-state index in [2.05, 4.69) is 11.8 Å². The third-order valence-corrected chi connectivity index (χ3v) is 5.82. The average molecular weight is 412 g/mol. The molecule has 0 N–H and O–H groups in total. The highest BCUT2D eigenvalue weighted by Gasteiger charge is 2.27. The molecule has 0 saturated heterocycles. The van der Waals surface area contributed by atoms with E-state index in [9.17, 15) is 9.59 Å². The molecule has 2 aromatic heterocycles. The molecule has 8 heteroatoms. The predicted octanol–water partition coefficient (Wildman–Crippen LogP) is 3.03. The number of nitrogens with zero attached hydrogens (tertiary/aromatic N) is 5. The number of fused-ring (bicyclic) bond motifs is 3. The maximum Gasteiger partial charge on any atom is 0.332 e. The summed E-state index contributed by atoms with van der Waals surface area (Å²) in [6, 6.07) is 7.80. The van der Waals surface area contributed by atoms with Crippen LogP contribution in [0.4, 0.5) is 11.6 Å². The van der Waals surface area contributed by atoms with Gasteiger partial charge in [-0.15, -0.1) is 0 Å². The largest absolute Gasteiger partial charge is 0.497 e. The minimum atomic E-state index is -0.299.